The predicted molar refractivity (Wildman–Crippen MR) is 119 cm³/mol. The number of carbonyl (C=O) groups excluding carboxylic acids is 1. The SMILES string of the molecule is COC(=O)[C@@H](C)C1=CC2=C(C)C3(CC[C@]2(C)CC12SCCS2)SCCS3. The Morgan fingerprint density at radius 2 is 1.65 bits per heavy atom. The van der Waals surface area contributed by atoms with E-state index < -0.39 is 0 Å². The summed E-state index contributed by atoms with van der Waals surface area (Å²) in [6.07, 6.45) is 6.14. The van der Waals surface area contributed by atoms with Crippen LogP contribution in [0.5, 0.6) is 0 Å². The van der Waals surface area contributed by atoms with Crippen molar-refractivity contribution in [3.63, 3.8) is 0 Å². The van der Waals surface area contributed by atoms with Crippen molar-refractivity contribution < 1.29 is 9.53 Å². The molecule has 2 saturated heterocycles. The molecule has 2 heterocycles. The molecular formula is C20H28O2S4. The van der Waals surface area contributed by atoms with Gasteiger partial charge in [0.05, 0.1) is 21.2 Å². The summed E-state index contributed by atoms with van der Waals surface area (Å²) in [5, 5.41) is 0. The quantitative estimate of drug-likeness (QED) is 0.532. The van der Waals surface area contributed by atoms with E-state index in [2.05, 4.69) is 67.0 Å². The van der Waals surface area contributed by atoms with Crippen LogP contribution in [-0.4, -0.2) is 44.2 Å². The summed E-state index contributed by atoms with van der Waals surface area (Å²) in [6.45, 7) is 6.87. The Morgan fingerprint density at radius 3 is 2.23 bits per heavy atom. The fourth-order valence-corrected chi connectivity index (χ4v) is 12.2. The van der Waals surface area contributed by atoms with Crippen molar-refractivity contribution in [3.05, 3.63) is 22.8 Å². The van der Waals surface area contributed by atoms with Crippen molar-refractivity contribution in [1.82, 2.24) is 0 Å². The van der Waals surface area contributed by atoms with Crippen molar-refractivity contribution >= 4 is 53.0 Å². The molecule has 0 saturated carbocycles. The van der Waals surface area contributed by atoms with Crippen LogP contribution in [0.25, 0.3) is 0 Å². The average molecular weight is 429 g/mol. The molecule has 144 valence electrons. The first-order chi connectivity index (χ1) is 12.4. The van der Waals surface area contributed by atoms with Crippen molar-refractivity contribution in [2.45, 2.75) is 48.2 Å². The zero-order chi connectivity index (χ0) is 18.6. The molecule has 2 fully saturated rings. The molecule has 0 aromatic heterocycles. The number of ether oxygens (including phenoxy) is 1. The number of esters is 1. The second kappa shape index (κ2) is 7.00. The molecule has 2 atom stereocenters. The van der Waals surface area contributed by atoms with Crippen LogP contribution in [0.15, 0.2) is 22.8 Å². The van der Waals surface area contributed by atoms with Gasteiger partial charge in [0, 0.05) is 23.0 Å². The van der Waals surface area contributed by atoms with E-state index in [4.69, 9.17) is 4.74 Å². The van der Waals surface area contributed by atoms with Gasteiger partial charge in [0.2, 0.25) is 0 Å². The highest BCUT2D eigenvalue weighted by Crippen LogP contribution is 2.67. The number of hydrogen-bond donors (Lipinski definition) is 0. The van der Waals surface area contributed by atoms with Gasteiger partial charge >= 0.3 is 5.97 Å². The lowest BCUT2D eigenvalue weighted by atomic mass is 9.63. The lowest BCUT2D eigenvalue weighted by Crippen LogP contribution is -2.44. The van der Waals surface area contributed by atoms with Crippen molar-refractivity contribution in [2.75, 3.05) is 30.1 Å². The lowest BCUT2D eigenvalue weighted by molar-refractivity contribution is -0.143. The smallest absolute Gasteiger partial charge is 0.312 e. The van der Waals surface area contributed by atoms with Gasteiger partial charge < -0.3 is 4.74 Å². The molecule has 0 aromatic carbocycles. The van der Waals surface area contributed by atoms with Crippen molar-refractivity contribution in [2.24, 2.45) is 11.3 Å². The van der Waals surface area contributed by atoms with Gasteiger partial charge in [-0.15, -0.1) is 47.0 Å². The summed E-state index contributed by atoms with van der Waals surface area (Å²) >= 11 is 8.42. The van der Waals surface area contributed by atoms with E-state index >= 15 is 0 Å². The minimum Gasteiger partial charge on any atom is -0.469 e. The van der Waals surface area contributed by atoms with Gasteiger partial charge in [0.25, 0.3) is 0 Å². The molecule has 2 nitrogen and oxygen atoms in total. The van der Waals surface area contributed by atoms with Gasteiger partial charge in [-0.05, 0) is 55.2 Å². The highest BCUT2D eigenvalue weighted by atomic mass is 32.2. The van der Waals surface area contributed by atoms with Crippen LogP contribution in [0, 0.1) is 11.3 Å². The van der Waals surface area contributed by atoms with Gasteiger partial charge in [-0.2, -0.15) is 0 Å². The number of carbonyl (C=O) groups is 1. The Labute approximate surface area is 174 Å². The van der Waals surface area contributed by atoms with E-state index in [-0.39, 0.29) is 25.5 Å². The van der Waals surface area contributed by atoms with Crippen LogP contribution < -0.4 is 0 Å². The lowest BCUT2D eigenvalue weighted by Gasteiger charge is -2.51. The molecule has 0 radical (unpaired) electrons. The fraction of sp³-hybridized carbons (Fsp3) is 0.750. The molecule has 2 aliphatic heterocycles. The molecule has 4 aliphatic rings. The third kappa shape index (κ3) is 2.93. The molecule has 0 bridgehead atoms. The monoisotopic (exact) mass is 428 g/mol. The van der Waals surface area contributed by atoms with Crippen LogP contribution in [0.1, 0.15) is 40.0 Å². The van der Waals surface area contributed by atoms with E-state index in [1.54, 1.807) is 5.57 Å². The maximum Gasteiger partial charge on any atom is 0.312 e. The minimum atomic E-state index is -0.162. The van der Waals surface area contributed by atoms with Crippen LogP contribution >= 0.6 is 47.0 Å². The van der Waals surface area contributed by atoms with Crippen LogP contribution in [0.4, 0.5) is 0 Å². The number of methoxy groups -OCH3 is 1. The zero-order valence-corrected chi connectivity index (χ0v) is 19.3. The second-order valence-electron chi connectivity index (χ2n) is 8.02. The maximum atomic E-state index is 12.4. The third-order valence-corrected chi connectivity index (χ3v) is 13.7. The van der Waals surface area contributed by atoms with Crippen molar-refractivity contribution in [3.8, 4) is 0 Å². The first kappa shape index (κ1) is 19.7. The third-order valence-electron chi connectivity index (χ3n) is 6.52. The van der Waals surface area contributed by atoms with Crippen molar-refractivity contribution in [1.29, 1.82) is 0 Å². The summed E-state index contributed by atoms with van der Waals surface area (Å²) in [7, 11) is 1.51. The standard InChI is InChI=1S/C20H28O2S4/c1-13(17(21)22-4)15-11-16-14(2)19(23-7-8-24-19)6-5-18(16,3)12-20(15)25-9-10-26-20/h11,13H,5-10,12H2,1-4H3/t13-,18+/m0/s1. The molecule has 0 N–H and O–H groups in total. The Balaban J connectivity index is 1.85. The summed E-state index contributed by atoms with van der Waals surface area (Å²) < 4.78 is 5.47. The minimum absolute atomic E-state index is 0.0621. The first-order valence-corrected chi connectivity index (χ1v) is 13.4. The first-order valence-electron chi connectivity index (χ1n) is 9.43. The molecule has 4 rings (SSSR count). The summed E-state index contributed by atoms with van der Waals surface area (Å²) in [6, 6.07) is 0. The van der Waals surface area contributed by atoms with Gasteiger partial charge in [-0.1, -0.05) is 13.0 Å². The Kier molecular flexibility index (Phi) is 5.29. The Morgan fingerprint density at radius 1 is 1.08 bits per heavy atom. The maximum absolute atomic E-state index is 12.4. The van der Waals surface area contributed by atoms with E-state index in [9.17, 15) is 4.79 Å². The van der Waals surface area contributed by atoms with E-state index in [0.29, 0.717) is 0 Å². The molecule has 0 unspecified atom stereocenters. The molecule has 2 aliphatic carbocycles. The van der Waals surface area contributed by atoms with Gasteiger partial charge in [0.15, 0.2) is 0 Å². The highest BCUT2D eigenvalue weighted by molar-refractivity contribution is 8.22. The van der Waals surface area contributed by atoms with Gasteiger partial charge in [-0.3, -0.25) is 4.79 Å². The number of fused-ring (bicyclic) bond motifs is 1. The summed E-state index contributed by atoms with van der Waals surface area (Å²) in [5.41, 5.74) is 4.63. The summed E-state index contributed by atoms with van der Waals surface area (Å²) in [5.74, 6) is 4.62. The normalized spacial score (nSPS) is 33.3. The zero-order valence-electron chi connectivity index (χ0n) is 16.1. The van der Waals surface area contributed by atoms with Gasteiger partial charge in [0.1, 0.15) is 0 Å². The molecule has 6 heteroatoms. The van der Waals surface area contributed by atoms with E-state index in [1.165, 1.54) is 54.1 Å². The number of thioether (sulfide) groups is 4. The average Bonchev–Trinajstić information content (AvgIpc) is 3.28. The van der Waals surface area contributed by atoms with Crippen LogP contribution in [-0.2, 0) is 9.53 Å². The van der Waals surface area contributed by atoms with Crippen LogP contribution in [0.2, 0.25) is 0 Å². The summed E-state index contributed by atoms with van der Waals surface area (Å²) in [4.78, 5) is 12.4. The number of rotatable bonds is 2. The molecule has 0 amide bonds. The molecule has 26 heavy (non-hydrogen) atoms. The fourth-order valence-electron chi connectivity index (χ4n) is 5.07. The van der Waals surface area contributed by atoms with E-state index in [0.717, 1.165) is 6.42 Å². The number of hydrogen-bond acceptors (Lipinski definition) is 6. The van der Waals surface area contributed by atoms with Crippen LogP contribution in [0.3, 0.4) is 0 Å². The molecular weight excluding hydrogens is 400 g/mol. The van der Waals surface area contributed by atoms with E-state index in [1.807, 2.05) is 6.92 Å². The second-order valence-corrected chi connectivity index (χ2v) is 14.1. The topological polar surface area (TPSA) is 26.3 Å². The highest BCUT2D eigenvalue weighted by Gasteiger charge is 2.55. The molecule has 0 aromatic rings. The Bertz CT molecular complexity index is 671. The predicted octanol–water partition coefficient (Wildman–Crippen LogP) is 5.59. The molecule has 2 spiro atoms. The largest absolute Gasteiger partial charge is 0.469 e. The van der Waals surface area contributed by atoms with Gasteiger partial charge in [-0.25, -0.2) is 0 Å². The Hall–Kier alpha value is 0.350. The number of allylic oxidation sites excluding steroid dienone is 2.